The van der Waals surface area contributed by atoms with E-state index in [-0.39, 0.29) is 6.04 Å². The molecule has 0 aliphatic carbocycles. The van der Waals surface area contributed by atoms with E-state index >= 15 is 0 Å². The van der Waals surface area contributed by atoms with E-state index in [1.807, 2.05) is 44.2 Å². The maximum atomic E-state index is 6.24. The third kappa shape index (κ3) is 3.77. The highest BCUT2D eigenvalue weighted by molar-refractivity contribution is 5.93. The molecule has 3 aromatic rings. The number of nitrogens with two attached hydrogens (primary N) is 1. The summed E-state index contributed by atoms with van der Waals surface area (Å²) in [4.78, 5) is 13.1. The molecule has 0 spiro atoms. The van der Waals surface area contributed by atoms with Gasteiger partial charge in [-0.15, -0.1) is 0 Å². The number of aryl methyl sites for hydroxylation is 1. The van der Waals surface area contributed by atoms with Crippen LogP contribution in [0.25, 0.3) is 10.9 Å². The number of para-hydroxylation sites is 1. The number of nitrogens with zero attached hydrogens (tertiary/aromatic N) is 3. The molecule has 2 aromatic heterocycles. The van der Waals surface area contributed by atoms with E-state index in [2.05, 4.69) is 25.6 Å². The van der Waals surface area contributed by atoms with Gasteiger partial charge < -0.3 is 21.1 Å². The monoisotopic (exact) mass is 338 g/mol. The predicted octanol–water partition coefficient (Wildman–Crippen LogP) is 3.11. The van der Waals surface area contributed by atoms with E-state index in [9.17, 15) is 0 Å². The Balaban J connectivity index is 1.92. The average molecular weight is 338 g/mol. The van der Waals surface area contributed by atoms with Gasteiger partial charge in [0.1, 0.15) is 12.0 Å². The van der Waals surface area contributed by atoms with Crippen molar-refractivity contribution in [3.8, 4) is 0 Å². The van der Waals surface area contributed by atoms with Crippen molar-refractivity contribution in [1.29, 1.82) is 0 Å². The van der Waals surface area contributed by atoms with Gasteiger partial charge in [-0.2, -0.15) is 0 Å². The number of fused-ring (bicyclic) bond motifs is 1. The zero-order valence-corrected chi connectivity index (χ0v) is 14.6. The lowest BCUT2D eigenvalue weighted by atomic mass is 10.1. The van der Waals surface area contributed by atoms with Gasteiger partial charge in [-0.25, -0.2) is 9.97 Å². The minimum atomic E-state index is 0.0805. The molecule has 3 rings (SSSR count). The molecule has 1 atom stereocenters. The summed E-state index contributed by atoms with van der Waals surface area (Å²) in [5.41, 5.74) is 9.37. The van der Waals surface area contributed by atoms with E-state index in [0.717, 1.165) is 22.3 Å². The van der Waals surface area contributed by atoms with Gasteiger partial charge in [-0.05, 0) is 26.0 Å². The summed E-state index contributed by atoms with van der Waals surface area (Å²) in [6, 6.07) is 10.1. The highest BCUT2D eigenvalue weighted by Crippen LogP contribution is 2.29. The molecule has 0 saturated carbocycles. The molecule has 0 saturated heterocycles. The number of benzene rings is 1. The van der Waals surface area contributed by atoms with E-state index in [0.29, 0.717) is 23.9 Å². The van der Waals surface area contributed by atoms with Gasteiger partial charge in [0.25, 0.3) is 0 Å². The van der Waals surface area contributed by atoms with Crippen molar-refractivity contribution in [1.82, 2.24) is 15.0 Å². The lowest BCUT2D eigenvalue weighted by molar-refractivity contribution is 0.190. The summed E-state index contributed by atoms with van der Waals surface area (Å²) in [6.45, 7) is 4.52. The van der Waals surface area contributed by atoms with Crippen LogP contribution in [0.3, 0.4) is 0 Å². The maximum absolute atomic E-state index is 6.24. The molecule has 0 amide bonds. The summed E-state index contributed by atoms with van der Waals surface area (Å²) in [6.07, 6.45) is 1.48. The van der Waals surface area contributed by atoms with E-state index in [1.54, 1.807) is 7.11 Å². The fourth-order valence-corrected chi connectivity index (χ4v) is 2.61. The number of hydrogen-bond donors (Lipinski definition) is 3. The zero-order valence-electron chi connectivity index (χ0n) is 14.6. The highest BCUT2D eigenvalue weighted by Gasteiger charge is 2.12. The molecule has 0 aliphatic rings. The van der Waals surface area contributed by atoms with Gasteiger partial charge in [0.15, 0.2) is 11.6 Å². The second-order valence-electron chi connectivity index (χ2n) is 5.94. The fraction of sp³-hybridized carbons (Fsp3) is 0.278. The second-order valence-corrected chi connectivity index (χ2v) is 5.94. The van der Waals surface area contributed by atoms with Crippen LogP contribution in [0.4, 0.5) is 23.0 Å². The van der Waals surface area contributed by atoms with E-state index in [1.165, 1.54) is 6.33 Å². The normalized spacial score (nSPS) is 12.1. The van der Waals surface area contributed by atoms with Crippen molar-refractivity contribution in [3.63, 3.8) is 0 Å². The molecule has 1 unspecified atom stereocenters. The first-order valence-corrected chi connectivity index (χ1v) is 8.08. The number of ether oxygens (including phenoxy) is 1. The van der Waals surface area contributed by atoms with Crippen molar-refractivity contribution in [2.24, 2.45) is 0 Å². The van der Waals surface area contributed by atoms with Crippen LogP contribution in [-0.2, 0) is 4.74 Å². The highest BCUT2D eigenvalue weighted by atomic mass is 16.5. The summed E-state index contributed by atoms with van der Waals surface area (Å²) >= 11 is 0. The van der Waals surface area contributed by atoms with Crippen LogP contribution in [0.5, 0.6) is 0 Å². The summed E-state index contributed by atoms with van der Waals surface area (Å²) in [7, 11) is 1.66. The Hall–Kier alpha value is -2.93. The molecule has 130 valence electrons. The molecule has 1 aromatic carbocycles. The lowest BCUT2D eigenvalue weighted by Gasteiger charge is -2.17. The largest absolute Gasteiger partial charge is 0.393 e. The van der Waals surface area contributed by atoms with Gasteiger partial charge in [0.05, 0.1) is 17.8 Å². The Morgan fingerprint density at radius 2 is 1.96 bits per heavy atom. The Morgan fingerprint density at radius 3 is 2.76 bits per heavy atom. The van der Waals surface area contributed by atoms with Crippen LogP contribution >= 0.6 is 0 Å². The maximum Gasteiger partial charge on any atom is 0.159 e. The smallest absolute Gasteiger partial charge is 0.159 e. The third-order valence-electron chi connectivity index (χ3n) is 3.80. The number of anilines is 4. The van der Waals surface area contributed by atoms with E-state index in [4.69, 9.17) is 10.5 Å². The number of nitrogen functional groups attached to an aromatic ring is 1. The summed E-state index contributed by atoms with van der Waals surface area (Å²) in [5.74, 6) is 1.12. The molecule has 7 heteroatoms. The second kappa shape index (κ2) is 7.31. The van der Waals surface area contributed by atoms with Gasteiger partial charge in [0, 0.05) is 24.2 Å². The molecule has 0 fully saturated rings. The molecule has 0 bridgehead atoms. The predicted molar refractivity (Wildman–Crippen MR) is 101 cm³/mol. The molecule has 25 heavy (non-hydrogen) atoms. The Bertz CT molecular complexity index is 883. The zero-order chi connectivity index (χ0) is 17.8. The van der Waals surface area contributed by atoms with E-state index < -0.39 is 0 Å². The number of rotatable bonds is 6. The third-order valence-corrected chi connectivity index (χ3v) is 3.80. The Morgan fingerprint density at radius 1 is 1.16 bits per heavy atom. The molecule has 0 radical (unpaired) electrons. The molecule has 2 heterocycles. The SMILES string of the molecule is COCC(C)Nc1ncnc(Nc2cccc3ccc(C)nc23)c1N. The van der Waals surface area contributed by atoms with Gasteiger partial charge in [-0.1, -0.05) is 18.2 Å². The average Bonchev–Trinajstić information content (AvgIpc) is 2.59. The first kappa shape index (κ1) is 16.9. The van der Waals surface area contributed by atoms with Crippen LogP contribution in [0.15, 0.2) is 36.7 Å². The molecular weight excluding hydrogens is 316 g/mol. The molecule has 0 aliphatic heterocycles. The molecule has 7 nitrogen and oxygen atoms in total. The number of methoxy groups -OCH3 is 1. The lowest BCUT2D eigenvalue weighted by Crippen LogP contribution is -2.22. The number of aromatic nitrogens is 3. The van der Waals surface area contributed by atoms with Crippen LogP contribution < -0.4 is 16.4 Å². The molecular formula is C18H22N6O. The minimum Gasteiger partial charge on any atom is -0.393 e. The van der Waals surface area contributed by atoms with Crippen molar-refractivity contribution in [3.05, 3.63) is 42.4 Å². The Labute approximate surface area is 146 Å². The molecule has 4 N–H and O–H groups in total. The van der Waals surface area contributed by atoms with Crippen molar-refractivity contribution in [2.75, 3.05) is 30.1 Å². The number of nitrogens with one attached hydrogen (secondary N) is 2. The quantitative estimate of drug-likeness (QED) is 0.635. The van der Waals surface area contributed by atoms with Crippen LogP contribution in [0.2, 0.25) is 0 Å². The van der Waals surface area contributed by atoms with Gasteiger partial charge in [0.2, 0.25) is 0 Å². The standard InChI is InChI=1S/C18H22N6O/c1-11-7-8-13-5-4-6-14(16(13)22-11)24-18-15(19)17(20-10-21-18)23-12(2)9-25-3/h4-8,10,12H,9,19H2,1-3H3,(H2,20,21,23,24). The van der Waals surface area contributed by atoms with Crippen LogP contribution in [0, 0.1) is 6.92 Å². The van der Waals surface area contributed by atoms with Crippen LogP contribution in [-0.4, -0.2) is 34.7 Å². The number of hydrogen-bond acceptors (Lipinski definition) is 7. The Kier molecular flexibility index (Phi) is 4.95. The number of pyridine rings is 1. The van der Waals surface area contributed by atoms with Crippen LogP contribution in [0.1, 0.15) is 12.6 Å². The van der Waals surface area contributed by atoms with Crippen molar-refractivity contribution < 1.29 is 4.74 Å². The fourth-order valence-electron chi connectivity index (χ4n) is 2.61. The van der Waals surface area contributed by atoms with Gasteiger partial charge in [-0.3, -0.25) is 4.98 Å². The topological polar surface area (TPSA) is 98.0 Å². The summed E-state index contributed by atoms with van der Waals surface area (Å²) < 4.78 is 5.13. The minimum absolute atomic E-state index is 0.0805. The first-order chi connectivity index (χ1) is 12.1. The first-order valence-electron chi connectivity index (χ1n) is 8.08. The van der Waals surface area contributed by atoms with Gasteiger partial charge >= 0.3 is 0 Å². The van der Waals surface area contributed by atoms with Crippen molar-refractivity contribution >= 4 is 33.9 Å². The summed E-state index contributed by atoms with van der Waals surface area (Å²) in [5, 5.41) is 7.56. The van der Waals surface area contributed by atoms with Crippen molar-refractivity contribution in [2.45, 2.75) is 19.9 Å².